The maximum atomic E-state index is 12.5. The lowest BCUT2D eigenvalue weighted by Crippen LogP contribution is -2.42. The molecule has 2 aromatic carbocycles. The molecule has 0 spiro atoms. The number of hydrogen-bond donors (Lipinski definition) is 3. The van der Waals surface area contributed by atoms with E-state index in [-0.39, 0.29) is 11.4 Å². The van der Waals surface area contributed by atoms with Gasteiger partial charge in [-0.05, 0) is 24.3 Å². The standard InChI is InChI=1S/C20H15N5O3/c26-16-12-25(14-8-2-1-3-9-14)24-18(16)20(28)23-22-19(27)15-10-4-6-13-7-5-11-21-17(13)15/h1-12,26H,(H,22,27)(H,23,28). The van der Waals surface area contributed by atoms with Crippen LogP contribution in [0.25, 0.3) is 16.6 Å². The molecule has 0 atom stereocenters. The van der Waals surface area contributed by atoms with Crippen molar-refractivity contribution < 1.29 is 14.7 Å². The number of pyridine rings is 1. The van der Waals surface area contributed by atoms with Crippen molar-refractivity contribution >= 4 is 22.7 Å². The SMILES string of the molecule is O=C(NNC(=O)c1cccc2cccnc12)c1nn(-c2ccccc2)cc1O. The van der Waals surface area contributed by atoms with Gasteiger partial charge in [-0.1, -0.05) is 36.4 Å². The zero-order valence-electron chi connectivity index (χ0n) is 14.5. The first-order valence-corrected chi connectivity index (χ1v) is 8.42. The van der Waals surface area contributed by atoms with Gasteiger partial charge < -0.3 is 5.11 Å². The summed E-state index contributed by atoms with van der Waals surface area (Å²) in [6.45, 7) is 0. The molecule has 4 rings (SSSR count). The Bertz CT molecular complexity index is 1170. The van der Waals surface area contributed by atoms with Gasteiger partial charge >= 0.3 is 0 Å². The number of carbonyl (C=O) groups is 2. The number of nitrogens with zero attached hydrogens (tertiary/aromatic N) is 3. The van der Waals surface area contributed by atoms with E-state index in [1.807, 2.05) is 30.3 Å². The summed E-state index contributed by atoms with van der Waals surface area (Å²) in [7, 11) is 0. The van der Waals surface area contributed by atoms with Crippen LogP contribution in [0.1, 0.15) is 20.8 Å². The van der Waals surface area contributed by atoms with E-state index in [1.54, 1.807) is 36.5 Å². The zero-order valence-corrected chi connectivity index (χ0v) is 14.5. The van der Waals surface area contributed by atoms with Crippen molar-refractivity contribution in [3.8, 4) is 11.4 Å². The summed E-state index contributed by atoms with van der Waals surface area (Å²) >= 11 is 0. The summed E-state index contributed by atoms with van der Waals surface area (Å²) in [5.41, 5.74) is 5.91. The molecule has 0 radical (unpaired) electrons. The summed E-state index contributed by atoms with van der Waals surface area (Å²) in [6.07, 6.45) is 2.91. The highest BCUT2D eigenvalue weighted by molar-refractivity contribution is 6.06. The van der Waals surface area contributed by atoms with Crippen LogP contribution in [0.4, 0.5) is 0 Å². The van der Waals surface area contributed by atoms with Crippen LogP contribution in [0.15, 0.2) is 73.1 Å². The number of hydrogen-bond acceptors (Lipinski definition) is 5. The Labute approximate surface area is 159 Å². The summed E-state index contributed by atoms with van der Waals surface area (Å²) in [5, 5.41) is 14.9. The number of rotatable bonds is 3. The van der Waals surface area contributed by atoms with E-state index in [9.17, 15) is 14.7 Å². The Morgan fingerprint density at radius 3 is 2.46 bits per heavy atom. The maximum absolute atomic E-state index is 12.5. The minimum absolute atomic E-state index is 0.208. The highest BCUT2D eigenvalue weighted by Gasteiger charge is 2.18. The van der Waals surface area contributed by atoms with Crippen molar-refractivity contribution in [1.82, 2.24) is 25.6 Å². The number of aromatic nitrogens is 3. The second-order valence-electron chi connectivity index (χ2n) is 5.93. The predicted molar refractivity (Wildman–Crippen MR) is 102 cm³/mol. The van der Waals surface area contributed by atoms with Gasteiger partial charge in [0.25, 0.3) is 11.8 Å². The number of para-hydroxylation sites is 2. The molecule has 0 bridgehead atoms. The Hall–Kier alpha value is -4.20. The number of benzene rings is 2. The van der Waals surface area contributed by atoms with Gasteiger partial charge in [0.15, 0.2) is 11.4 Å². The van der Waals surface area contributed by atoms with Crippen molar-refractivity contribution in [3.63, 3.8) is 0 Å². The summed E-state index contributed by atoms with van der Waals surface area (Å²) in [5.74, 6) is -1.57. The summed E-state index contributed by atoms with van der Waals surface area (Å²) in [6, 6.07) is 17.8. The molecule has 0 aliphatic heterocycles. The molecule has 0 aliphatic carbocycles. The Morgan fingerprint density at radius 2 is 1.64 bits per heavy atom. The summed E-state index contributed by atoms with van der Waals surface area (Å²) in [4.78, 5) is 29.0. The fourth-order valence-corrected chi connectivity index (χ4v) is 2.77. The van der Waals surface area contributed by atoms with Gasteiger partial charge in [-0.2, -0.15) is 5.10 Å². The van der Waals surface area contributed by atoms with E-state index < -0.39 is 11.8 Å². The summed E-state index contributed by atoms with van der Waals surface area (Å²) < 4.78 is 1.38. The number of carbonyl (C=O) groups excluding carboxylic acids is 2. The fourth-order valence-electron chi connectivity index (χ4n) is 2.77. The molecule has 0 fully saturated rings. The molecule has 0 saturated carbocycles. The normalized spacial score (nSPS) is 10.6. The third kappa shape index (κ3) is 3.26. The average molecular weight is 373 g/mol. The second kappa shape index (κ2) is 7.20. The van der Waals surface area contributed by atoms with Crippen LogP contribution in [0.2, 0.25) is 0 Å². The van der Waals surface area contributed by atoms with Crippen molar-refractivity contribution in [2.24, 2.45) is 0 Å². The molecule has 2 aromatic heterocycles. The fraction of sp³-hybridized carbons (Fsp3) is 0. The van der Waals surface area contributed by atoms with Crippen LogP contribution in [0.5, 0.6) is 5.75 Å². The largest absolute Gasteiger partial charge is 0.504 e. The highest BCUT2D eigenvalue weighted by atomic mass is 16.3. The van der Waals surface area contributed by atoms with Crippen molar-refractivity contribution in [2.75, 3.05) is 0 Å². The minimum atomic E-state index is -0.742. The Balaban J connectivity index is 1.50. The molecule has 138 valence electrons. The molecule has 4 aromatic rings. The van der Waals surface area contributed by atoms with Crippen molar-refractivity contribution in [1.29, 1.82) is 0 Å². The molecular formula is C20H15N5O3. The van der Waals surface area contributed by atoms with E-state index >= 15 is 0 Å². The van der Waals surface area contributed by atoms with E-state index in [1.165, 1.54) is 10.9 Å². The van der Waals surface area contributed by atoms with Gasteiger partial charge in [0.05, 0.1) is 23.0 Å². The predicted octanol–water partition coefficient (Wildman–Crippen LogP) is 2.20. The lowest BCUT2D eigenvalue weighted by molar-refractivity contribution is 0.0842. The lowest BCUT2D eigenvalue weighted by Gasteiger charge is -2.08. The number of aromatic hydroxyl groups is 1. The highest BCUT2D eigenvalue weighted by Crippen LogP contribution is 2.18. The molecule has 0 saturated heterocycles. The van der Waals surface area contributed by atoms with Gasteiger partial charge in [-0.3, -0.25) is 25.4 Å². The van der Waals surface area contributed by atoms with Gasteiger partial charge in [0, 0.05) is 11.6 Å². The molecule has 2 heterocycles. The van der Waals surface area contributed by atoms with E-state index in [0.29, 0.717) is 16.8 Å². The Morgan fingerprint density at radius 1 is 0.893 bits per heavy atom. The first-order chi connectivity index (χ1) is 13.6. The molecule has 0 aliphatic rings. The van der Waals surface area contributed by atoms with Crippen LogP contribution in [0.3, 0.4) is 0 Å². The smallest absolute Gasteiger partial charge is 0.294 e. The molecule has 0 unspecified atom stereocenters. The molecule has 8 heteroatoms. The van der Waals surface area contributed by atoms with E-state index in [4.69, 9.17) is 0 Å². The second-order valence-corrected chi connectivity index (χ2v) is 5.93. The lowest BCUT2D eigenvalue weighted by atomic mass is 10.1. The third-order valence-corrected chi connectivity index (χ3v) is 4.10. The molecular weight excluding hydrogens is 358 g/mol. The van der Waals surface area contributed by atoms with E-state index in [2.05, 4.69) is 20.9 Å². The number of amides is 2. The monoisotopic (exact) mass is 373 g/mol. The molecule has 2 amide bonds. The van der Waals surface area contributed by atoms with Crippen LogP contribution < -0.4 is 10.9 Å². The number of nitrogens with one attached hydrogen (secondary N) is 2. The van der Waals surface area contributed by atoms with Crippen molar-refractivity contribution in [2.45, 2.75) is 0 Å². The Kier molecular flexibility index (Phi) is 4.43. The number of fused-ring (bicyclic) bond motifs is 1. The van der Waals surface area contributed by atoms with Crippen LogP contribution in [-0.4, -0.2) is 31.7 Å². The van der Waals surface area contributed by atoms with Gasteiger partial charge in [-0.25, -0.2) is 4.68 Å². The first kappa shape index (κ1) is 17.2. The first-order valence-electron chi connectivity index (χ1n) is 8.42. The molecule has 3 N–H and O–H groups in total. The molecule has 28 heavy (non-hydrogen) atoms. The van der Waals surface area contributed by atoms with Crippen LogP contribution in [-0.2, 0) is 0 Å². The van der Waals surface area contributed by atoms with Crippen LogP contribution >= 0.6 is 0 Å². The maximum Gasteiger partial charge on any atom is 0.294 e. The van der Waals surface area contributed by atoms with Crippen LogP contribution in [0, 0.1) is 0 Å². The van der Waals surface area contributed by atoms with Gasteiger partial charge in [0.2, 0.25) is 0 Å². The number of hydrazine groups is 1. The third-order valence-electron chi connectivity index (χ3n) is 4.10. The van der Waals surface area contributed by atoms with Gasteiger partial charge in [-0.15, -0.1) is 0 Å². The van der Waals surface area contributed by atoms with Crippen molar-refractivity contribution in [3.05, 3.63) is 84.3 Å². The average Bonchev–Trinajstić information content (AvgIpc) is 3.14. The van der Waals surface area contributed by atoms with E-state index in [0.717, 1.165) is 5.39 Å². The quantitative estimate of drug-likeness (QED) is 0.477. The van der Waals surface area contributed by atoms with Gasteiger partial charge in [0.1, 0.15) is 0 Å². The minimum Gasteiger partial charge on any atom is -0.504 e. The molecule has 8 nitrogen and oxygen atoms in total. The zero-order chi connectivity index (χ0) is 19.5. The topological polar surface area (TPSA) is 109 Å².